The van der Waals surface area contributed by atoms with Crippen molar-refractivity contribution < 1.29 is 10.2 Å². The summed E-state index contributed by atoms with van der Waals surface area (Å²) in [5.74, 6) is 3.53. The molecule has 0 unspecified atom stereocenters. The predicted octanol–water partition coefficient (Wildman–Crippen LogP) is 0.741. The van der Waals surface area contributed by atoms with Crippen molar-refractivity contribution in [2.75, 3.05) is 13.2 Å². The van der Waals surface area contributed by atoms with Gasteiger partial charge in [-0.25, -0.2) is 0 Å². The molecule has 0 atom stereocenters. The van der Waals surface area contributed by atoms with Crippen LogP contribution in [0.3, 0.4) is 0 Å². The van der Waals surface area contributed by atoms with Gasteiger partial charge in [-0.1, -0.05) is 0 Å². The molecule has 4 fully saturated rings. The molecule has 3 heteroatoms. The lowest BCUT2D eigenvalue weighted by Crippen LogP contribution is -2.62. The fourth-order valence-corrected chi connectivity index (χ4v) is 5.12. The highest BCUT2D eigenvalue weighted by Gasteiger charge is 2.54. The van der Waals surface area contributed by atoms with Gasteiger partial charge in [-0.05, 0) is 61.7 Å². The monoisotopic (exact) mass is 225 g/mol. The van der Waals surface area contributed by atoms with Crippen LogP contribution in [0.1, 0.15) is 32.1 Å². The first-order valence-corrected chi connectivity index (χ1v) is 6.67. The predicted molar refractivity (Wildman–Crippen MR) is 61.6 cm³/mol. The number of hydrogen-bond donors (Lipinski definition) is 3. The summed E-state index contributed by atoms with van der Waals surface area (Å²) >= 11 is 0. The first-order chi connectivity index (χ1) is 7.66. The molecule has 4 bridgehead atoms. The molecule has 4 aliphatic carbocycles. The van der Waals surface area contributed by atoms with E-state index in [-0.39, 0.29) is 13.2 Å². The topological polar surface area (TPSA) is 66.5 Å². The fourth-order valence-electron chi connectivity index (χ4n) is 5.12. The SMILES string of the molecule is NC(CO)(CO)C1C2CC3CC(C2)CC1C3. The maximum absolute atomic E-state index is 9.48. The molecule has 4 rings (SSSR count). The second-order valence-corrected chi connectivity index (χ2v) is 6.51. The van der Waals surface area contributed by atoms with Gasteiger partial charge in [0.25, 0.3) is 0 Å². The van der Waals surface area contributed by atoms with Crippen LogP contribution < -0.4 is 5.73 Å². The Morgan fingerprint density at radius 1 is 0.875 bits per heavy atom. The van der Waals surface area contributed by atoms with Crippen molar-refractivity contribution in [2.24, 2.45) is 35.3 Å². The average molecular weight is 225 g/mol. The third-order valence-corrected chi connectivity index (χ3v) is 5.48. The summed E-state index contributed by atoms with van der Waals surface area (Å²) in [6.45, 7) is -0.146. The van der Waals surface area contributed by atoms with Crippen LogP contribution in [-0.2, 0) is 0 Å². The summed E-state index contributed by atoms with van der Waals surface area (Å²) in [6, 6.07) is 0. The van der Waals surface area contributed by atoms with Crippen molar-refractivity contribution in [1.29, 1.82) is 0 Å². The Bertz CT molecular complexity index is 247. The minimum Gasteiger partial charge on any atom is -0.394 e. The van der Waals surface area contributed by atoms with Crippen LogP contribution >= 0.6 is 0 Å². The van der Waals surface area contributed by atoms with Gasteiger partial charge in [0.1, 0.15) is 0 Å². The van der Waals surface area contributed by atoms with E-state index in [0.29, 0.717) is 17.8 Å². The Hall–Kier alpha value is -0.120. The van der Waals surface area contributed by atoms with E-state index >= 15 is 0 Å². The summed E-state index contributed by atoms with van der Waals surface area (Å²) in [5, 5.41) is 19.0. The smallest absolute Gasteiger partial charge is 0.0657 e. The van der Waals surface area contributed by atoms with E-state index in [1.807, 2.05) is 0 Å². The van der Waals surface area contributed by atoms with Crippen LogP contribution in [0.25, 0.3) is 0 Å². The molecule has 4 aliphatic rings. The zero-order chi connectivity index (χ0) is 11.3. The second kappa shape index (κ2) is 3.69. The normalized spacial score (nSPS) is 46.3. The van der Waals surface area contributed by atoms with Gasteiger partial charge in [0, 0.05) is 0 Å². The van der Waals surface area contributed by atoms with Crippen LogP contribution in [-0.4, -0.2) is 29.0 Å². The lowest BCUT2D eigenvalue weighted by atomic mass is 9.48. The van der Waals surface area contributed by atoms with Crippen LogP contribution in [0.15, 0.2) is 0 Å². The summed E-state index contributed by atoms with van der Waals surface area (Å²) in [4.78, 5) is 0. The van der Waals surface area contributed by atoms with Crippen molar-refractivity contribution in [3.05, 3.63) is 0 Å². The van der Waals surface area contributed by atoms with Gasteiger partial charge in [0.2, 0.25) is 0 Å². The molecule has 0 aliphatic heterocycles. The maximum Gasteiger partial charge on any atom is 0.0657 e. The highest BCUT2D eigenvalue weighted by atomic mass is 16.3. The van der Waals surface area contributed by atoms with Crippen LogP contribution in [0.2, 0.25) is 0 Å². The van der Waals surface area contributed by atoms with Gasteiger partial charge in [-0.2, -0.15) is 0 Å². The van der Waals surface area contributed by atoms with E-state index < -0.39 is 5.54 Å². The van der Waals surface area contributed by atoms with Crippen LogP contribution in [0.5, 0.6) is 0 Å². The Balaban J connectivity index is 1.86. The van der Waals surface area contributed by atoms with E-state index in [4.69, 9.17) is 5.73 Å². The van der Waals surface area contributed by atoms with Crippen molar-refractivity contribution >= 4 is 0 Å². The highest BCUT2D eigenvalue weighted by Crippen LogP contribution is 2.58. The van der Waals surface area contributed by atoms with E-state index in [1.54, 1.807) is 0 Å². The first-order valence-electron chi connectivity index (χ1n) is 6.67. The summed E-state index contributed by atoms with van der Waals surface area (Å²) in [5.41, 5.74) is 5.49. The standard InChI is InChI=1S/C13H23NO2/c14-13(6-15,7-16)12-10-2-8-1-9(4-10)5-11(12)3-8/h8-12,15-16H,1-7,14H2. The van der Waals surface area contributed by atoms with Gasteiger partial charge < -0.3 is 15.9 Å². The molecule has 4 saturated carbocycles. The third-order valence-electron chi connectivity index (χ3n) is 5.48. The maximum atomic E-state index is 9.48. The largest absolute Gasteiger partial charge is 0.394 e. The van der Waals surface area contributed by atoms with Gasteiger partial charge in [0.05, 0.1) is 18.8 Å². The first kappa shape index (κ1) is 11.0. The quantitative estimate of drug-likeness (QED) is 0.663. The molecule has 92 valence electrons. The molecule has 0 radical (unpaired) electrons. The Labute approximate surface area is 97.0 Å². The molecule has 0 aromatic heterocycles. The lowest BCUT2D eigenvalue weighted by molar-refractivity contribution is -0.0918. The molecule has 16 heavy (non-hydrogen) atoms. The molecule has 0 aromatic carbocycles. The number of aliphatic hydroxyl groups is 2. The van der Waals surface area contributed by atoms with E-state index in [2.05, 4.69) is 0 Å². The minimum absolute atomic E-state index is 0.0729. The molecule has 0 heterocycles. The molecule has 4 N–H and O–H groups in total. The van der Waals surface area contributed by atoms with Crippen molar-refractivity contribution in [3.63, 3.8) is 0 Å². The fraction of sp³-hybridized carbons (Fsp3) is 1.00. The molecular formula is C13H23NO2. The summed E-state index contributed by atoms with van der Waals surface area (Å²) in [7, 11) is 0. The van der Waals surface area contributed by atoms with Crippen molar-refractivity contribution in [1.82, 2.24) is 0 Å². The number of aliphatic hydroxyl groups excluding tert-OH is 2. The molecular weight excluding hydrogens is 202 g/mol. The Morgan fingerprint density at radius 2 is 1.31 bits per heavy atom. The third kappa shape index (κ3) is 1.45. The Kier molecular flexibility index (Phi) is 2.54. The Morgan fingerprint density at radius 3 is 1.69 bits per heavy atom. The molecule has 3 nitrogen and oxygen atoms in total. The van der Waals surface area contributed by atoms with Crippen molar-refractivity contribution in [3.8, 4) is 0 Å². The minimum atomic E-state index is -0.734. The number of rotatable bonds is 3. The van der Waals surface area contributed by atoms with Crippen molar-refractivity contribution in [2.45, 2.75) is 37.6 Å². The van der Waals surface area contributed by atoms with E-state index in [9.17, 15) is 10.2 Å². The van der Waals surface area contributed by atoms with Crippen LogP contribution in [0.4, 0.5) is 0 Å². The summed E-state index contributed by atoms with van der Waals surface area (Å²) < 4.78 is 0. The van der Waals surface area contributed by atoms with E-state index in [0.717, 1.165) is 11.8 Å². The summed E-state index contributed by atoms with van der Waals surface area (Å²) in [6.07, 6.45) is 6.58. The second-order valence-electron chi connectivity index (χ2n) is 6.51. The zero-order valence-electron chi connectivity index (χ0n) is 9.81. The number of hydrogen-bond acceptors (Lipinski definition) is 3. The molecule has 0 aromatic rings. The van der Waals surface area contributed by atoms with Crippen LogP contribution in [0, 0.1) is 29.6 Å². The van der Waals surface area contributed by atoms with E-state index in [1.165, 1.54) is 32.1 Å². The molecule has 0 spiro atoms. The van der Waals surface area contributed by atoms with Gasteiger partial charge >= 0.3 is 0 Å². The van der Waals surface area contributed by atoms with Gasteiger partial charge in [-0.3, -0.25) is 0 Å². The average Bonchev–Trinajstić information content (AvgIpc) is 2.27. The molecule has 0 saturated heterocycles. The zero-order valence-corrected chi connectivity index (χ0v) is 9.81. The van der Waals surface area contributed by atoms with Gasteiger partial charge in [-0.15, -0.1) is 0 Å². The van der Waals surface area contributed by atoms with Gasteiger partial charge in [0.15, 0.2) is 0 Å². The number of nitrogens with two attached hydrogens (primary N) is 1. The molecule has 0 amide bonds. The highest BCUT2D eigenvalue weighted by molar-refractivity contribution is 5.06. The lowest BCUT2D eigenvalue weighted by Gasteiger charge is -2.58.